The summed E-state index contributed by atoms with van der Waals surface area (Å²) in [7, 11) is 0. The van der Waals surface area contributed by atoms with Crippen molar-refractivity contribution >= 4 is 0 Å². The minimum Gasteiger partial charge on any atom is -0.468 e. The summed E-state index contributed by atoms with van der Waals surface area (Å²) < 4.78 is 11.0. The Hall–Kier alpha value is -0.800. The molecule has 0 aliphatic heterocycles. The van der Waals surface area contributed by atoms with E-state index in [4.69, 9.17) is 9.15 Å². The molecule has 0 amide bonds. The van der Waals surface area contributed by atoms with E-state index in [2.05, 4.69) is 26.1 Å². The molecule has 1 heterocycles. The van der Waals surface area contributed by atoms with E-state index in [1.165, 1.54) is 0 Å². The third-order valence-electron chi connectivity index (χ3n) is 3.02. The summed E-state index contributed by atoms with van der Waals surface area (Å²) in [4.78, 5) is 0. The predicted octanol–water partition coefficient (Wildman–Crippen LogP) is 3.38. The number of furan rings is 1. The molecule has 0 radical (unpaired) electrons. The lowest BCUT2D eigenvalue weighted by Gasteiger charge is -2.26. The lowest BCUT2D eigenvalue weighted by molar-refractivity contribution is 0.101. The van der Waals surface area contributed by atoms with Crippen LogP contribution in [0.15, 0.2) is 22.8 Å². The molecule has 0 spiro atoms. The Labute approximate surface area is 105 Å². The summed E-state index contributed by atoms with van der Waals surface area (Å²) in [6, 6.07) is 4.61. The molecule has 1 aromatic heterocycles. The smallest absolute Gasteiger partial charge is 0.120 e. The Kier molecular flexibility index (Phi) is 6.30. The predicted molar refractivity (Wildman–Crippen MR) is 70.0 cm³/mol. The van der Waals surface area contributed by atoms with E-state index in [0.717, 1.165) is 25.4 Å². The van der Waals surface area contributed by atoms with Gasteiger partial charge in [0.2, 0.25) is 0 Å². The fourth-order valence-electron chi connectivity index (χ4n) is 1.83. The Morgan fingerprint density at radius 3 is 2.59 bits per heavy atom. The largest absolute Gasteiger partial charge is 0.468 e. The van der Waals surface area contributed by atoms with Crippen LogP contribution in [0.4, 0.5) is 0 Å². The highest BCUT2D eigenvalue weighted by molar-refractivity contribution is 5.04. The third kappa shape index (κ3) is 4.52. The van der Waals surface area contributed by atoms with Crippen LogP contribution in [0.1, 0.15) is 45.9 Å². The fraction of sp³-hybridized carbons (Fsp3) is 0.714. The second-order valence-electron chi connectivity index (χ2n) is 4.65. The van der Waals surface area contributed by atoms with E-state index in [1.807, 2.05) is 19.1 Å². The molecule has 0 bridgehead atoms. The maximum Gasteiger partial charge on any atom is 0.120 e. The molecule has 0 saturated heterocycles. The van der Waals surface area contributed by atoms with E-state index < -0.39 is 0 Å². The molecular formula is C14H25NO2. The quantitative estimate of drug-likeness (QED) is 0.755. The van der Waals surface area contributed by atoms with Crippen molar-refractivity contribution in [1.82, 2.24) is 5.32 Å². The molecule has 0 aliphatic rings. The van der Waals surface area contributed by atoms with Gasteiger partial charge in [0.25, 0.3) is 0 Å². The molecule has 3 heteroatoms. The van der Waals surface area contributed by atoms with Crippen LogP contribution in [0.2, 0.25) is 0 Å². The molecule has 0 saturated carbocycles. The number of hydrogen-bond acceptors (Lipinski definition) is 3. The van der Waals surface area contributed by atoms with Crippen molar-refractivity contribution in [2.75, 3.05) is 13.2 Å². The highest BCUT2D eigenvalue weighted by atomic mass is 16.5. The van der Waals surface area contributed by atoms with Crippen molar-refractivity contribution < 1.29 is 9.15 Å². The van der Waals surface area contributed by atoms with Gasteiger partial charge >= 0.3 is 0 Å². The maximum absolute atomic E-state index is 5.53. The van der Waals surface area contributed by atoms with Crippen molar-refractivity contribution in [3.05, 3.63) is 24.2 Å². The Bertz CT molecular complexity index is 282. The summed E-state index contributed by atoms with van der Waals surface area (Å²) in [5, 5.41) is 3.62. The summed E-state index contributed by atoms with van der Waals surface area (Å²) in [5.74, 6) is 1.56. The topological polar surface area (TPSA) is 34.4 Å². The minimum absolute atomic E-state index is 0.276. The van der Waals surface area contributed by atoms with Gasteiger partial charge in [0.15, 0.2) is 0 Å². The summed E-state index contributed by atoms with van der Waals surface area (Å²) >= 11 is 0. The summed E-state index contributed by atoms with van der Waals surface area (Å²) in [6.45, 7) is 10.1. The van der Waals surface area contributed by atoms with Crippen LogP contribution in [0.5, 0.6) is 0 Å². The van der Waals surface area contributed by atoms with Crippen LogP contribution in [0.3, 0.4) is 0 Å². The Balaban J connectivity index is 2.57. The van der Waals surface area contributed by atoms with E-state index in [-0.39, 0.29) is 6.04 Å². The van der Waals surface area contributed by atoms with Crippen LogP contribution in [0.25, 0.3) is 0 Å². The fourth-order valence-corrected chi connectivity index (χ4v) is 1.83. The van der Waals surface area contributed by atoms with Crippen molar-refractivity contribution in [3.63, 3.8) is 0 Å². The van der Waals surface area contributed by atoms with Crippen molar-refractivity contribution in [2.45, 2.75) is 46.2 Å². The second kappa shape index (κ2) is 7.51. The summed E-state index contributed by atoms with van der Waals surface area (Å²) in [6.07, 6.45) is 2.75. The number of rotatable bonds is 8. The molecule has 17 heavy (non-hydrogen) atoms. The van der Waals surface area contributed by atoms with Crippen LogP contribution in [-0.2, 0) is 4.74 Å². The Morgan fingerprint density at radius 2 is 2.12 bits per heavy atom. The van der Waals surface area contributed by atoms with Gasteiger partial charge in [-0.2, -0.15) is 0 Å². The highest BCUT2D eigenvalue weighted by Gasteiger charge is 2.20. The molecule has 98 valence electrons. The normalized spacial score (nSPS) is 15.1. The van der Waals surface area contributed by atoms with Gasteiger partial charge in [0.05, 0.1) is 18.9 Å². The molecule has 3 nitrogen and oxygen atoms in total. The van der Waals surface area contributed by atoms with Gasteiger partial charge in [-0.05, 0) is 31.4 Å². The van der Waals surface area contributed by atoms with Crippen molar-refractivity contribution in [1.29, 1.82) is 0 Å². The first-order chi connectivity index (χ1) is 8.19. The highest BCUT2D eigenvalue weighted by Crippen LogP contribution is 2.19. The van der Waals surface area contributed by atoms with E-state index in [9.17, 15) is 0 Å². The maximum atomic E-state index is 5.53. The van der Waals surface area contributed by atoms with E-state index in [1.54, 1.807) is 6.26 Å². The van der Waals surface area contributed by atoms with E-state index in [0.29, 0.717) is 12.0 Å². The van der Waals surface area contributed by atoms with Crippen molar-refractivity contribution in [2.24, 2.45) is 5.92 Å². The van der Waals surface area contributed by atoms with Gasteiger partial charge in [0.1, 0.15) is 5.76 Å². The molecule has 2 atom stereocenters. The van der Waals surface area contributed by atoms with Gasteiger partial charge in [-0.25, -0.2) is 0 Å². The van der Waals surface area contributed by atoms with Crippen LogP contribution >= 0.6 is 0 Å². The SMILES string of the molecule is CCOCC(NC(CC)c1ccco1)C(C)C. The third-order valence-corrected chi connectivity index (χ3v) is 3.02. The van der Waals surface area contributed by atoms with Gasteiger partial charge in [-0.3, -0.25) is 0 Å². The number of nitrogens with one attached hydrogen (secondary N) is 1. The van der Waals surface area contributed by atoms with Crippen LogP contribution < -0.4 is 5.32 Å². The summed E-state index contributed by atoms with van der Waals surface area (Å²) in [5.41, 5.74) is 0. The average molecular weight is 239 g/mol. The lowest BCUT2D eigenvalue weighted by atomic mass is 10.0. The first-order valence-corrected chi connectivity index (χ1v) is 6.56. The van der Waals surface area contributed by atoms with Gasteiger partial charge in [0, 0.05) is 12.6 Å². The van der Waals surface area contributed by atoms with Crippen LogP contribution in [0, 0.1) is 5.92 Å². The Morgan fingerprint density at radius 1 is 1.35 bits per heavy atom. The van der Waals surface area contributed by atoms with Crippen molar-refractivity contribution in [3.8, 4) is 0 Å². The minimum atomic E-state index is 0.276. The number of hydrogen-bond donors (Lipinski definition) is 1. The van der Waals surface area contributed by atoms with Gasteiger partial charge in [-0.1, -0.05) is 20.8 Å². The molecule has 2 unspecified atom stereocenters. The zero-order chi connectivity index (χ0) is 12.7. The standard InChI is InChI=1S/C14H25NO2/c1-5-12(14-8-7-9-17-14)15-13(11(3)4)10-16-6-2/h7-9,11-13,15H,5-6,10H2,1-4H3. The van der Waals surface area contributed by atoms with Gasteiger partial charge < -0.3 is 14.5 Å². The molecular weight excluding hydrogens is 214 g/mol. The lowest BCUT2D eigenvalue weighted by Crippen LogP contribution is -2.40. The zero-order valence-electron chi connectivity index (χ0n) is 11.4. The first kappa shape index (κ1) is 14.3. The second-order valence-corrected chi connectivity index (χ2v) is 4.65. The zero-order valence-corrected chi connectivity index (χ0v) is 11.4. The number of ether oxygens (including phenoxy) is 1. The molecule has 0 aliphatic carbocycles. The molecule has 1 aromatic rings. The molecule has 0 aromatic carbocycles. The first-order valence-electron chi connectivity index (χ1n) is 6.56. The van der Waals surface area contributed by atoms with E-state index >= 15 is 0 Å². The van der Waals surface area contributed by atoms with Gasteiger partial charge in [-0.15, -0.1) is 0 Å². The van der Waals surface area contributed by atoms with Crippen LogP contribution in [-0.4, -0.2) is 19.3 Å². The average Bonchev–Trinajstić information content (AvgIpc) is 2.82. The molecule has 1 rings (SSSR count). The molecule has 1 N–H and O–H groups in total. The molecule has 0 fully saturated rings. The monoisotopic (exact) mass is 239 g/mol.